The number of aromatic nitrogens is 2. The quantitative estimate of drug-likeness (QED) is 0.805. The molecule has 1 aliphatic rings. The van der Waals surface area contributed by atoms with E-state index in [-0.39, 0.29) is 11.9 Å². The fourth-order valence-electron chi connectivity index (χ4n) is 2.14. The van der Waals surface area contributed by atoms with Gasteiger partial charge in [-0.05, 0) is 19.8 Å². The Morgan fingerprint density at radius 1 is 1.59 bits per heavy atom. The van der Waals surface area contributed by atoms with E-state index < -0.39 is 0 Å². The van der Waals surface area contributed by atoms with Gasteiger partial charge in [0.15, 0.2) is 0 Å². The summed E-state index contributed by atoms with van der Waals surface area (Å²) in [5.41, 5.74) is 0. The summed E-state index contributed by atoms with van der Waals surface area (Å²) >= 11 is 5.91. The normalized spacial score (nSPS) is 19.5. The molecule has 1 atom stereocenters. The molecule has 5 nitrogen and oxygen atoms in total. The summed E-state index contributed by atoms with van der Waals surface area (Å²) in [5.74, 6) is 1.37. The molecular formula is C11H15ClN4O. The van der Waals surface area contributed by atoms with Crippen LogP contribution in [-0.2, 0) is 4.79 Å². The molecule has 6 heteroatoms. The summed E-state index contributed by atoms with van der Waals surface area (Å²) in [6, 6.07) is 1.56. The van der Waals surface area contributed by atoms with Crippen molar-refractivity contribution < 1.29 is 4.79 Å². The Balaban J connectivity index is 2.28. The minimum atomic E-state index is -0.148. The molecule has 0 aliphatic carbocycles. The van der Waals surface area contributed by atoms with Crippen molar-refractivity contribution in [2.75, 3.05) is 18.5 Å². The summed E-state index contributed by atoms with van der Waals surface area (Å²) in [7, 11) is 1.65. The first-order valence-corrected chi connectivity index (χ1v) is 5.99. The Kier molecular flexibility index (Phi) is 3.47. The highest BCUT2D eigenvalue weighted by Crippen LogP contribution is 2.25. The number of nitrogens with zero attached hydrogens (tertiary/aromatic N) is 3. The number of hydrogen-bond acceptors (Lipinski definition) is 4. The average molecular weight is 255 g/mol. The molecule has 0 saturated carbocycles. The van der Waals surface area contributed by atoms with Crippen molar-refractivity contribution in [1.82, 2.24) is 15.3 Å². The Morgan fingerprint density at radius 3 is 3.00 bits per heavy atom. The average Bonchev–Trinajstić information content (AvgIpc) is 2.75. The zero-order valence-corrected chi connectivity index (χ0v) is 10.7. The van der Waals surface area contributed by atoms with Crippen molar-refractivity contribution >= 4 is 23.3 Å². The fraction of sp³-hybridized carbons (Fsp3) is 0.545. The molecule has 2 heterocycles. The second kappa shape index (κ2) is 4.87. The molecule has 0 aromatic carbocycles. The molecule has 1 fully saturated rings. The third-order valence-corrected chi connectivity index (χ3v) is 3.08. The van der Waals surface area contributed by atoms with Crippen LogP contribution in [0.15, 0.2) is 6.07 Å². The van der Waals surface area contributed by atoms with Crippen LogP contribution < -0.4 is 10.2 Å². The van der Waals surface area contributed by atoms with E-state index in [1.165, 1.54) is 0 Å². The number of nitrogens with one attached hydrogen (secondary N) is 1. The van der Waals surface area contributed by atoms with Gasteiger partial charge in [0.2, 0.25) is 5.91 Å². The SMILES string of the molecule is CNC(=O)C1CCCN1c1cc(Cl)nc(C)n1. The molecule has 1 aromatic rings. The second-order valence-corrected chi connectivity index (χ2v) is 4.45. The third kappa shape index (κ3) is 2.49. The largest absolute Gasteiger partial charge is 0.357 e. The van der Waals surface area contributed by atoms with Crippen molar-refractivity contribution in [3.8, 4) is 0 Å². The summed E-state index contributed by atoms with van der Waals surface area (Å²) < 4.78 is 0. The molecule has 2 rings (SSSR count). The van der Waals surface area contributed by atoms with Gasteiger partial charge >= 0.3 is 0 Å². The smallest absolute Gasteiger partial charge is 0.242 e. The lowest BCUT2D eigenvalue weighted by Gasteiger charge is -2.24. The molecule has 1 amide bonds. The predicted molar refractivity (Wildman–Crippen MR) is 66.2 cm³/mol. The van der Waals surface area contributed by atoms with Gasteiger partial charge in [0.25, 0.3) is 0 Å². The van der Waals surface area contributed by atoms with Crippen LogP contribution in [0.3, 0.4) is 0 Å². The zero-order valence-electron chi connectivity index (χ0n) is 9.90. The van der Waals surface area contributed by atoms with E-state index in [4.69, 9.17) is 11.6 Å². The molecule has 0 bridgehead atoms. The van der Waals surface area contributed by atoms with E-state index in [0.717, 1.165) is 25.2 Å². The van der Waals surface area contributed by atoms with E-state index in [9.17, 15) is 4.79 Å². The first-order chi connectivity index (χ1) is 8.11. The van der Waals surface area contributed by atoms with Crippen LogP contribution >= 0.6 is 11.6 Å². The molecule has 1 aromatic heterocycles. The minimum absolute atomic E-state index is 0.0230. The molecule has 17 heavy (non-hydrogen) atoms. The maximum atomic E-state index is 11.7. The number of aryl methyl sites for hydroxylation is 1. The lowest BCUT2D eigenvalue weighted by molar-refractivity contribution is -0.121. The van der Waals surface area contributed by atoms with Gasteiger partial charge in [-0.25, -0.2) is 9.97 Å². The number of halogens is 1. The van der Waals surface area contributed by atoms with E-state index in [1.807, 2.05) is 4.90 Å². The number of carbonyl (C=O) groups is 1. The number of likely N-dealkylation sites (N-methyl/N-ethyl adjacent to an activating group) is 1. The molecule has 1 saturated heterocycles. The van der Waals surface area contributed by atoms with Gasteiger partial charge in [0.1, 0.15) is 22.8 Å². The van der Waals surface area contributed by atoms with Gasteiger partial charge in [0, 0.05) is 19.7 Å². The summed E-state index contributed by atoms with van der Waals surface area (Å²) in [6.07, 6.45) is 1.83. The summed E-state index contributed by atoms with van der Waals surface area (Å²) in [6.45, 7) is 2.62. The molecule has 1 aliphatic heterocycles. The first kappa shape index (κ1) is 12.1. The Labute approximate surface area is 105 Å². The fourth-order valence-corrected chi connectivity index (χ4v) is 2.36. The maximum absolute atomic E-state index is 11.7. The van der Waals surface area contributed by atoms with Crippen molar-refractivity contribution in [3.05, 3.63) is 17.0 Å². The van der Waals surface area contributed by atoms with Crippen LogP contribution in [0, 0.1) is 6.92 Å². The molecule has 92 valence electrons. The first-order valence-electron chi connectivity index (χ1n) is 5.61. The van der Waals surface area contributed by atoms with Gasteiger partial charge in [-0.3, -0.25) is 4.79 Å². The maximum Gasteiger partial charge on any atom is 0.242 e. The van der Waals surface area contributed by atoms with E-state index >= 15 is 0 Å². The van der Waals surface area contributed by atoms with Crippen molar-refractivity contribution in [2.24, 2.45) is 0 Å². The monoisotopic (exact) mass is 254 g/mol. The predicted octanol–water partition coefficient (Wildman–Crippen LogP) is 1.15. The minimum Gasteiger partial charge on any atom is -0.357 e. The Morgan fingerprint density at radius 2 is 2.35 bits per heavy atom. The summed E-state index contributed by atoms with van der Waals surface area (Å²) in [4.78, 5) is 22.1. The number of rotatable bonds is 2. The molecule has 1 N–H and O–H groups in total. The highest BCUT2D eigenvalue weighted by atomic mass is 35.5. The van der Waals surface area contributed by atoms with E-state index in [0.29, 0.717) is 11.0 Å². The van der Waals surface area contributed by atoms with Crippen LogP contribution in [0.4, 0.5) is 5.82 Å². The Bertz CT molecular complexity index is 417. The van der Waals surface area contributed by atoms with Crippen LogP contribution in [0.2, 0.25) is 5.15 Å². The van der Waals surface area contributed by atoms with Crippen LogP contribution in [-0.4, -0.2) is 35.5 Å². The highest BCUT2D eigenvalue weighted by molar-refractivity contribution is 6.29. The zero-order chi connectivity index (χ0) is 12.4. The topological polar surface area (TPSA) is 58.1 Å². The Hall–Kier alpha value is -1.36. The molecule has 0 spiro atoms. The van der Waals surface area contributed by atoms with Gasteiger partial charge in [-0.2, -0.15) is 0 Å². The number of hydrogen-bond donors (Lipinski definition) is 1. The number of carbonyl (C=O) groups excluding carboxylic acids is 1. The lowest BCUT2D eigenvalue weighted by atomic mass is 10.2. The highest BCUT2D eigenvalue weighted by Gasteiger charge is 2.31. The second-order valence-electron chi connectivity index (χ2n) is 4.06. The van der Waals surface area contributed by atoms with Gasteiger partial charge in [-0.1, -0.05) is 11.6 Å². The van der Waals surface area contributed by atoms with E-state index in [2.05, 4.69) is 15.3 Å². The van der Waals surface area contributed by atoms with Crippen LogP contribution in [0.1, 0.15) is 18.7 Å². The molecular weight excluding hydrogens is 240 g/mol. The number of amides is 1. The third-order valence-electron chi connectivity index (χ3n) is 2.89. The van der Waals surface area contributed by atoms with Crippen LogP contribution in [0.5, 0.6) is 0 Å². The lowest BCUT2D eigenvalue weighted by Crippen LogP contribution is -2.42. The van der Waals surface area contributed by atoms with Gasteiger partial charge in [-0.15, -0.1) is 0 Å². The van der Waals surface area contributed by atoms with Gasteiger partial charge in [0.05, 0.1) is 0 Å². The number of anilines is 1. The van der Waals surface area contributed by atoms with Crippen molar-refractivity contribution in [1.29, 1.82) is 0 Å². The molecule has 1 unspecified atom stereocenters. The van der Waals surface area contributed by atoms with E-state index in [1.54, 1.807) is 20.0 Å². The standard InChI is InChI=1S/C11H15ClN4O/c1-7-14-9(12)6-10(15-7)16-5-3-4-8(16)11(17)13-2/h6,8H,3-5H2,1-2H3,(H,13,17). The van der Waals surface area contributed by atoms with Crippen LogP contribution in [0.25, 0.3) is 0 Å². The van der Waals surface area contributed by atoms with Crippen molar-refractivity contribution in [3.63, 3.8) is 0 Å². The van der Waals surface area contributed by atoms with Crippen molar-refractivity contribution in [2.45, 2.75) is 25.8 Å². The molecule has 0 radical (unpaired) electrons. The summed E-state index contributed by atoms with van der Waals surface area (Å²) in [5, 5.41) is 3.09. The van der Waals surface area contributed by atoms with Gasteiger partial charge < -0.3 is 10.2 Å².